The fourth-order valence-electron chi connectivity index (χ4n) is 2.51. The van der Waals surface area contributed by atoms with Crippen LogP contribution >= 0.6 is 0 Å². The third-order valence-corrected chi connectivity index (χ3v) is 4.04. The van der Waals surface area contributed by atoms with Crippen LogP contribution in [0.25, 0.3) is 11.1 Å². The number of benzene rings is 2. The van der Waals surface area contributed by atoms with Crippen molar-refractivity contribution in [2.24, 2.45) is 0 Å². The van der Waals surface area contributed by atoms with Crippen LogP contribution in [0.15, 0.2) is 72.8 Å². The van der Waals surface area contributed by atoms with E-state index in [1.165, 1.54) is 27.8 Å². The minimum atomic E-state index is 0. The van der Waals surface area contributed by atoms with Crippen molar-refractivity contribution in [2.75, 3.05) is 0 Å². The number of allylic oxidation sites excluding steroid dienone is 5. The second kappa shape index (κ2) is 13.3. The van der Waals surface area contributed by atoms with E-state index in [0.717, 1.165) is 12.0 Å². The van der Waals surface area contributed by atoms with Gasteiger partial charge in [0.2, 0.25) is 0 Å². The molecule has 2 aromatic carbocycles. The molecule has 132 valence electrons. The van der Waals surface area contributed by atoms with E-state index in [1.54, 1.807) is 0 Å². The van der Waals surface area contributed by atoms with Crippen molar-refractivity contribution in [2.45, 2.75) is 41.0 Å². The summed E-state index contributed by atoms with van der Waals surface area (Å²) in [7, 11) is 0. The van der Waals surface area contributed by atoms with Crippen molar-refractivity contribution in [3.63, 3.8) is 0 Å². The topological polar surface area (TPSA) is 0 Å². The minimum Gasteiger partial charge on any atom is -0.199 e. The van der Waals surface area contributed by atoms with Crippen LogP contribution in [-0.4, -0.2) is 0 Å². The van der Waals surface area contributed by atoms with Crippen molar-refractivity contribution >= 4 is 11.1 Å². The van der Waals surface area contributed by atoms with Gasteiger partial charge in [-0.05, 0) is 31.9 Å². The molecule has 0 fully saturated rings. The van der Waals surface area contributed by atoms with Crippen molar-refractivity contribution in [1.29, 1.82) is 0 Å². The first kappa shape index (κ1) is 24.1. The summed E-state index contributed by atoms with van der Waals surface area (Å²) in [4.78, 5) is 0. The molecule has 0 radical (unpaired) electrons. The van der Waals surface area contributed by atoms with E-state index in [0.29, 0.717) is 0 Å². The summed E-state index contributed by atoms with van der Waals surface area (Å²) in [6, 6.07) is 19.4. The standard InChI is InChI=1S/C15H19.C10H11.Li/c1-5-8-12(2)11-14(4)15-10-7-6-9-13(15)3;1-3-9(2)10-7-5-4-6-8-10;/h6-11H,2,5H2,1,3-4H3;3,5-8H,1-2H3;/q2*-1;+1/b14-11+;9-3-;. The Bertz CT molecular complexity index is 721. The molecule has 0 aliphatic rings. The predicted octanol–water partition coefficient (Wildman–Crippen LogP) is 4.48. The van der Waals surface area contributed by atoms with E-state index in [9.17, 15) is 0 Å². The van der Waals surface area contributed by atoms with Gasteiger partial charge in [-0.15, -0.1) is 5.56 Å². The Morgan fingerprint density at radius 2 is 1.69 bits per heavy atom. The van der Waals surface area contributed by atoms with Crippen molar-refractivity contribution in [1.82, 2.24) is 0 Å². The zero-order valence-corrected chi connectivity index (χ0v) is 17.3. The fraction of sp³-hybridized carbons (Fsp3) is 0.240. The largest absolute Gasteiger partial charge is 1.00 e. The van der Waals surface area contributed by atoms with E-state index in [2.05, 4.69) is 95.3 Å². The molecule has 0 saturated carbocycles. The quantitative estimate of drug-likeness (QED) is 0.429. The Kier molecular flexibility index (Phi) is 12.4. The molecular weight excluding hydrogens is 307 g/mol. The van der Waals surface area contributed by atoms with Gasteiger partial charge in [-0.25, -0.2) is 0 Å². The fourth-order valence-corrected chi connectivity index (χ4v) is 2.51. The Hall–Kier alpha value is -1.87. The van der Waals surface area contributed by atoms with Crippen LogP contribution in [0.3, 0.4) is 0 Å². The summed E-state index contributed by atoms with van der Waals surface area (Å²) in [5.74, 6) is 0. The number of rotatable bonds is 5. The van der Waals surface area contributed by atoms with Gasteiger partial charge in [0.05, 0.1) is 0 Å². The van der Waals surface area contributed by atoms with Crippen LogP contribution < -0.4 is 18.9 Å². The molecule has 2 rings (SSSR count). The van der Waals surface area contributed by atoms with Crippen molar-refractivity contribution in [3.05, 3.63) is 102 Å². The molecule has 0 unspecified atom stereocenters. The van der Waals surface area contributed by atoms with Gasteiger partial charge in [-0.1, -0.05) is 61.8 Å². The smallest absolute Gasteiger partial charge is 0.199 e. The summed E-state index contributed by atoms with van der Waals surface area (Å²) >= 11 is 0. The monoisotopic (exact) mass is 337 g/mol. The van der Waals surface area contributed by atoms with E-state index in [4.69, 9.17) is 0 Å². The first-order valence-corrected chi connectivity index (χ1v) is 8.85. The number of aryl methyl sites for hydroxylation is 1. The van der Waals surface area contributed by atoms with Crippen LogP contribution in [0.4, 0.5) is 0 Å². The average molecular weight is 337 g/mol. The van der Waals surface area contributed by atoms with Crippen LogP contribution in [0, 0.1) is 19.4 Å². The van der Waals surface area contributed by atoms with Gasteiger partial charge in [0, 0.05) is 0 Å². The zero-order valence-electron chi connectivity index (χ0n) is 17.3. The molecule has 0 aliphatic carbocycles. The second-order valence-corrected chi connectivity index (χ2v) is 6.09. The molecule has 0 saturated heterocycles. The summed E-state index contributed by atoms with van der Waals surface area (Å²) < 4.78 is 0. The van der Waals surface area contributed by atoms with Gasteiger partial charge in [0.1, 0.15) is 0 Å². The maximum absolute atomic E-state index is 4.01. The van der Waals surface area contributed by atoms with Crippen molar-refractivity contribution in [3.8, 4) is 0 Å². The Morgan fingerprint density at radius 3 is 2.23 bits per heavy atom. The summed E-state index contributed by atoms with van der Waals surface area (Å²) in [6.45, 7) is 14.6. The Balaban J connectivity index is 0.000000497. The van der Waals surface area contributed by atoms with Gasteiger partial charge in [0.15, 0.2) is 0 Å². The molecule has 0 bridgehead atoms. The predicted molar refractivity (Wildman–Crippen MR) is 113 cm³/mol. The van der Waals surface area contributed by atoms with Gasteiger partial charge >= 0.3 is 18.9 Å². The molecule has 26 heavy (non-hydrogen) atoms. The number of hydrogen-bond donors (Lipinski definition) is 0. The average Bonchev–Trinajstić information content (AvgIpc) is 2.62. The number of hydrogen-bond acceptors (Lipinski definition) is 0. The molecule has 0 spiro atoms. The van der Waals surface area contributed by atoms with Gasteiger partial charge in [0.25, 0.3) is 0 Å². The summed E-state index contributed by atoms with van der Waals surface area (Å²) in [5, 5.41) is 0. The van der Waals surface area contributed by atoms with E-state index < -0.39 is 0 Å². The zero-order chi connectivity index (χ0) is 18.7. The van der Waals surface area contributed by atoms with Crippen LogP contribution in [0.5, 0.6) is 0 Å². The Morgan fingerprint density at radius 1 is 1.08 bits per heavy atom. The summed E-state index contributed by atoms with van der Waals surface area (Å²) in [6.07, 6.45) is 7.43. The molecule has 0 nitrogen and oxygen atoms in total. The molecule has 2 aromatic rings. The van der Waals surface area contributed by atoms with Crippen molar-refractivity contribution < 1.29 is 18.9 Å². The van der Waals surface area contributed by atoms with E-state index >= 15 is 0 Å². The Labute approximate surface area is 172 Å². The van der Waals surface area contributed by atoms with Gasteiger partial charge in [-0.2, -0.15) is 55.0 Å². The van der Waals surface area contributed by atoms with Gasteiger partial charge in [-0.3, -0.25) is 0 Å². The second-order valence-electron chi connectivity index (χ2n) is 6.09. The van der Waals surface area contributed by atoms with Crippen LogP contribution in [-0.2, 0) is 0 Å². The molecule has 0 N–H and O–H groups in total. The molecule has 1 heteroatoms. The molecule has 0 amide bonds. The third kappa shape index (κ3) is 8.48. The SMILES string of the molecule is C/C=C(/C)c1cc[c-]cc1.C=C(/C=C(\C)c1ccccc1C)[CH-]CC.[Li+]. The molecule has 0 aromatic heterocycles. The molecule has 0 atom stereocenters. The molecular formula is C25H30Li-. The van der Waals surface area contributed by atoms with Crippen LogP contribution in [0.2, 0.25) is 0 Å². The van der Waals surface area contributed by atoms with E-state index in [1.807, 2.05) is 19.1 Å². The summed E-state index contributed by atoms with van der Waals surface area (Å²) in [5.41, 5.74) is 7.59. The molecule has 0 heterocycles. The van der Waals surface area contributed by atoms with Crippen LogP contribution in [0.1, 0.15) is 50.8 Å². The maximum Gasteiger partial charge on any atom is 1.00 e. The van der Waals surface area contributed by atoms with E-state index in [-0.39, 0.29) is 18.9 Å². The first-order valence-electron chi connectivity index (χ1n) is 8.85. The third-order valence-electron chi connectivity index (χ3n) is 4.04. The maximum atomic E-state index is 4.01. The first-order chi connectivity index (χ1) is 12.0. The van der Waals surface area contributed by atoms with Gasteiger partial charge < -0.3 is 0 Å². The molecule has 0 aliphatic heterocycles. The normalized spacial score (nSPS) is 11.0. The minimum absolute atomic E-state index is 0.